The minimum Gasteiger partial charge on any atom is -0.465 e. The highest BCUT2D eigenvalue weighted by Gasteiger charge is 2.32. The van der Waals surface area contributed by atoms with Crippen LogP contribution in [0.1, 0.15) is 33.0 Å². The van der Waals surface area contributed by atoms with Crippen molar-refractivity contribution in [1.82, 2.24) is 0 Å². The van der Waals surface area contributed by atoms with Crippen LogP contribution >= 0.6 is 0 Å². The lowest BCUT2D eigenvalue weighted by molar-refractivity contribution is 0.0595. The third-order valence-corrected chi connectivity index (χ3v) is 6.44. The molecule has 6 nitrogen and oxygen atoms in total. The SMILES string of the molecule is COC(=O)c1c(C)oc(C)c1S(=O)(=O)Nc1ccc2c(c1)Cc1ccccc1-2. The number of fused-ring (bicyclic) bond motifs is 3. The van der Waals surface area contributed by atoms with Crippen molar-refractivity contribution in [2.75, 3.05) is 11.8 Å². The van der Waals surface area contributed by atoms with Gasteiger partial charge in [-0.2, -0.15) is 0 Å². The number of esters is 1. The molecule has 1 aliphatic carbocycles. The molecule has 0 amide bonds. The lowest BCUT2D eigenvalue weighted by Crippen LogP contribution is -2.17. The van der Waals surface area contributed by atoms with Crippen LogP contribution in [-0.4, -0.2) is 21.5 Å². The highest BCUT2D eigenvalue weighted by atomic mass is 32.2. The van der Waals surface area contributed by atoms with Gasteiger partial charge in [-0.25, -0.2) is 13.2 Å². The highest BCUT2D eigenvalue weighted by molar-refractivity contribution is 7.92. The van der Waals surface area contributed by atoms with Gasteiger partial charge in [-0.15, -0.1) is 0 Å². The molecule has 28 heavy (non-hydrogen) atoms. The first-order valence-electron chi connectivity index (χ1n) is 8.74. The van der Waals surface area contributed by atoms with Gasteiger partial charge in [-0.05, 0) is 54.7 Å². The van der Waals surface area contributed by atoms with Crippen LogP contribution in [0.5, 0.6) is 0 Å². The molecule has 144 valence electrons. The van der Waals surface area contributed by atoms with Crippen molar-refractivity contribution in [3.63, 3.8) is 0 Å². The maximum Gasteiger partial charge on any atom is 0.342 e. The summed E-state index contributed by atoms with van der Waals surface area (Å²) in [5, 5.41) is 0. The van der Waals surface area contributed by atoms with Crippen molar-refractivity contribution in [3.8, 4) is 11.1 Å². The Labute approximate surface area is 163 Å². The molecule has 1 heterocycles. The molecule has 0 saturated carbocycles. The lowest BCUT2D eigenvalue weighted by atomic mass is 10.1. The molecule has 1 aliphatic rings. The molecular formula is C21H19NO5S. The Bertz CT molecular complexity index is 1210. The normalized spacial score (nSPS) is 12.4. The molecule has 0 spiro atoms. The predicted octanol–water partition coefficient (Wildman–Crippen LogP) is 4.06. The van der Waals surface area contributed by atoms with E-state index in [1.165, 1.54) is 32.1 Å². The van der Waals surface area contributed by atoms with Crippen LogP contribution in [0.4, 0.5) is 5.69 Å². The average Bonchev–Trinajstić information content (AvgIpc) is 3.17. The summed E-state index contributed by atoms with van der Waals surface area (Å²) in [4.78, 5) is 11.9. The zero-order chi connectivity index (χ0) is 20.1. The van der Waals surface area contributed by atoms with E-state index in [1.54, 1.807) is 6.07 Å². The van der Waals surface area contributed by atoms with Gasteiger partial charge in [0.05, 0.1) is 7.11 Å². The van der Waals surface area contributed by atoms with Crippen LogP contribution in [0.25, 0.3) is 11.1 Å². The molecule has 3 aromatic rings. The molecule has 1 aromatic heterocycles. The Hall–Kier alpha value is -3.06. The molecule has 0 aliphatic heterocycles. The lowest BCUT2D eigenvalue weighted by Gasteiger charge is -2.10. The van der Waals surface area contributed by atoms with Crippen LogP contribution in [0.3, 0.4) is 0 Å². The number of rotatable bonds is 4. The Morgan fingerprint density at radius 2 is 1.75 bits per heavy atom. The van der Waals surface area contributed by atoms with E-state index in [4.69, 9.17) is 9.15 Å². The second-order valence-corrected chi connectivity index (χ2v) is 8.34. The summed E-state index contributed by atoms with van der Waals surface area (Å²) in [5.74, 6) is -0.410. The molecule has 0 saturated heterocycles. The van der Waals surface area contributed by atoms with Crippen LogP contribution in [0.2, 0.25) is 0 Å². The molecular weight excluding hydrogens is 378 g/mol. The van der Waals surface area contributed by atoms with Gasteiger partial charge in [0.25, 0.3) is 10.0 Å². The summed E-state index contributed by atoms with van der Waals surface area (Å²) < 4.78 is 38.7. The molecule has 7 heteroatoms. The van der Waals surface area contributed by atoms with E-state index in [1.807, 2.05) is 24.3 Å². The fourth-order valence-electron chi connectivity index (χ4n) is 3.74. The molecule has 0 fully saturated rings. The Morgan fingerprint density at radius 3 is 2.50 bits per heavy atom. The molecule has 0 atom stereocenters. The number of carbonyl (C=O) groups excluding carboxylic acids is 1. The number of hydrogen-bond acceptors (Lipinski definition) is 5. The van der Waals surface area contributed by atoms with E-state index in [2.05, 4.69) is 16.9 Å². The number of hydrogen-bond donors (Lipinski definition) is 1. The van der Waals surface area contributed by atoms with Gasteiger partial charge in [0.15, 0.2) is 0 Å². The summed E-state index contributed by atoms with van der Waals surface area (Å²) in [7, 11) is -2.84. The van der Waals surface area contributed by atoms with Crippen molar-refractivity contribution in [1.29, 1.82) is 0 Å². The van der Waals surface area contributed by atoms with Crippen LogP contribution < -0.4 is 4.72 Å². The topological polar surface area (TPSA) is 85.6 Å². The number of carbonyl (C=O) groups is 1. The van der Waals surface area contributed by atoms with Gasteiger partial charge < -0.3 is 9.15 Å². The number of ether oxygens (including phenoxy) is 1. The van der Waals surface area contributed by atoms with E-state index in [-0.39, 0.29) is 22.0 Å². The minimum absolute atomic E-state index is 0.0823. The van der Waals surface area contributed by atoms with Gasteiger partial charge in [0, 0.05) is 5.69 Å². The van der Waals surface area contributed by atoms with Crippen LogP contribution in [-0.2, 0) is 21.2 Å². The second kappa shape index (κ2) is 6.53. The van der Waals surface area contributed by atoms with Gasteiger partial charge >= 0.3 is 5.97 Å². The third-order valence-electron chi connectivity index (χ3n) is 4.91. The number of anilines is 1. The van der Waals surface area contributed by atoms with Gasteiger partial charge in [-0.1, -0.05) is 30.3 Å². The van der Waals surface area contributed by atoms with E-state index in [0.717, 1.165) is 17.5 Å². The molecule has 0 radical (unpaired) electrons. The molecule has 2 aromatic carbocycles. The number of sulfonamides is 1. The fourth-order valence-corrected chi connectivity index (χ4v) is 5.20. The van der Waals surface area contributed by atoms with E-state index < -0.39 is 16.0 Å². The van der Waals surface area contributed by atoms with Crippen molar-refractivity contribution in [2.45, 2.75) is 25.2 Å². The molecule has 1 N–H and O–H groups in total. The maximum absolute atomic E-state index is 13.0. The summed E-state index contributed by atoms with van der Waals surface area (Å²) in [5.41, 5.74) is 4.88. The van der Waals surface area contributed by atoms with Crippen LogP contribution in [0, 0.1) is 13.8 Å². The van der Waals surface area contributed by atoms with Gasteiger partial charge in [0.1, 0.15) is 22.0 Å². The Kier molecular flexibility index (Phi) is 4.27. The largest absolute Gasteiger partial charge is 0.465 e. The number of benzene rings is 2. The zero-order valence-electron chi connectivity index (χ0n) is 15.7. The Balaban J connectivity index is 1.71. The summed E-state index contributed by atoms with van der Waals surface area (Å²) >= 11 is 0. The molecule has 0 unspecified atom stereocenters. The first-order chi connectivity index (χ1) is 13.3. The number of furan rings is 1. The van der Waals surface area contributed by atoms with Gasteiger partial charge in [-0.3, -0.25) is 4.72 Å². The van der Waals surface area contributed by atoms with E-state index in [0.29, 0.717) is 5.69 Å². The minimum atomic E-state index is -4.04. The number of aryl methyl sites for hydroxylation is 2. The van der Waals surface area contributed by atoms with E-state index in [9.17, 15) is 13.2 Å². The monoisotopic (exact) mass is 397 g/mol. The first-order valence-corrected chi connectivity index (χ1v) is 10.2. The maximum atomic E-state index is 13.0. The third kappa shape index (κ3) is 2.88. The summed E-state index contributed by atoms with van der Waals surface area (Å²) in [6.45, 7) is 3.04. The van der Waals surface area contributed by atoms with Crippen molar-refractivity contribution in [2.24, 2.45) is 0 Å². The van der Waals surface area contributed by atoms with Crippen LogP contribution in [0.15, 0.2) is 51.8 Å². The molecule has 4 rings (SSSR count). The highest BCUT2D eigenvalue weighted by Crippen LogP contribution is 2.38. The first kappa shape index (κ1) is 18.3. The van der Waals surface area contributed by atoms with Crippen molar-refractivity contribution >= 4 is 21.7 Å². The fraction of sp³-hybridized carbons (Fsp3) is 0.190. The average molecular weight is 397 g/mol. The van der Waals surface area contributed by atoms with E-state index >= 15 is 0 Å². The standard InChI is InChI=1S/C21H19NO5S/c1-12-19(21(23)26-3)20(13(2)27-12)28(24,25)22-16-8-9-18-15(11-16)10-14-6-4-5-7-17(14)18/h4-9,11,22H,10H2,1-3H3. The summed E-state index contributed by atoms with van der Waals surface area (Å²) in [6.07, 6.45) is 0.748. The smallest absolute Gasteiger partial charge is 0.342 e. The second-order valence-electron chi connectivity index (χ2n) is 6.72. The van der Waals surface area contributed by atoms with Gasteiger partial charge in [0.2, 0.25) is 0 Å². The number of nitrogens with one attached hydrogen (secondary N) is 1. The zero-order valence-corrected chi connectivity index (χ0v) is 16.5. The van der Waals surface area contributed by atoms with Crippen molar-refractivity contribution < 1.29 is 22.4 Å². The molecule has 0 bridgehead atoms. The number of methoxy groups -OCH3 is 1. The van der Waals surface area contributed by atoms with Crippen molar-refractivity contribution in [3.05, 3.63) is 70.7 Å². The Morgan fingerprint density at radius 1 is 1.04 bits per heavy atom. The predicted molar refractivity (Wildman–Crippen MR) is 105 cm³/mol. The quantitative estimate of drug-likeness (QED) is 0.525. The summed E-state index contributed by atoms with van der Waals surface area (Å²) in [6, 6.07) is 13.6.